The second-order valence-electron chi connectivity index (χ2n) is 11.5. The predicted octanol–water partition coefficient (Wildman–Crippen LogP) is 12.0. The number of nitrogens with zero attached hydrogens (tertiary/aromatic N) is 1. The van der Waals surface area contributed by atoms with Gasteiger partial charge in [-0.15, -0.1) is 0 Å². The maximum Gasteiger partial charge on any atom is 0.0540 e. The number of aryl methyl sites for hydroxylation is 1. The van der Waals surface area contributed by atoms with E-state index in [0.717, 1.165) is 16.9 Å². The van der Waals surface area contributed by atoms with Crippen molar-refractivity contribution in [2.45, 2.75) is 6.92 Å². The fourth-order valence-electron chi connectivity index (χ4n) is 6.49. The van der Waals surface area contributed by atoms with Gasteiger partial charge in [0, 0.05) is 16.8 Å². The van der Waals surface area contributed by atoms with Crippen molar-refractivity contribution in [1.82, 2.24) is 0 Å². The number of rotatable bonds is 6. The highest BCUT2D eigenvalue weighted by Gasteiger charge is 2.18. The molecule has 0 aromatic heterocycles. The summed E-state index contributed by atoms with van der Waals surface area (Å²) in [7, 11) is 0. The van der Waals surface area contributed by atoms with Crippen LogP contribution in [0.1, 0.15) is 22.3 Å². The van der Waals surface area contributed by atoms with E-state index in [9.17, 15) is 0 Å². The fraction of sp³-hybridized carbons (Fsp3) is 0.0233. The van der Waals surface area contributed by atoms with Crippen LogP contribution in [0.25, 0.3) is 44.0 Å². The highest BCUT2D eigenvalue weighted by atomic mass is 15.1. The lowest BCUT2D eigenvalue weighted by atomic mass is 9.93. The van der Waals surface area contributed by atoms with Gasteiger partial charge in [-0.1, -0.05) is 139 Å². The number of hydrogen-bond acceptors (Lipinski definition) is 1. The Hall–Kier alpha value is -5.66. The van der Waals surface area contributed by atoms with Crippen molar-refractivity contribution in [3.05, 3.63) is 186 Å². The molecule has 0 bridgehead atoms. The third-order valence-electron chi connectivity index (χ3n) is 8.67. The summed E-state index contributed by atoms with van der Waals surface area (Å²) in [5.41, 5.74) is 9.48. The summed E-state index contributed by atoms with van der Waals surface area (Å²) in [5.74, 6) is 0. The van der Waals surface area contributed by atoms with Crippen molar-refractivity contribution in [2.75, 3.05) is 4.90 Å². The van der Waals surface area contributed by atoms with Crippen molar-refractivity contribution < 1.29 is 0 Å². The van der Waals surface area contributed by atoms with Gasteiger partial charge in [-0.2, -0.15) is 0 Å². The Labute approximate surface area is 258 Å². The Balaban J connectivity index is 1.28. The van der Waals surface area contributed by atoms with Crippen LogP contribution >= 0.6 is 0 Å². The maximum atomic E-state index is 2.40. The Morgan fingerprint density at radius 1 is 0.455 bits per heavy atom. The van der Waals surface area contributed by atoms with Crippen molar-refractivity contribution in [3.8, 4) is 0 Å². The van der Waals surface area contributed by atoms with Crippen LogP contribution in [0.15, 0.2) is 164 Å². The molecule has 8 aromatic carbocycles. The van der Waals surface area contributed by atoms with Crippen LogP contribution in [0.2, 0.25) is 0 Å². The molecule has 0 unspecified atom stereocenters. The number of benzene rings is 8. The van der Waals surface area contributed by atoms with Crippen LogP contribution in [0.5, 0.6) is 0 Å². The van der Waals surface area contributed by atoms with E-state index in [4.69, 9.17) is 0 Å². The first-order valence-electron chi connectivity index (χ1n) is 15.2. The van der Waals surface area contributed by atoms with Gasteiger partial charge in [0.05, 0.1) is 5.69 Å². The molecule has 0 spiro atoms. The highest BCUT2D eigenvalue weighted by molar-refractivity contribution is 6.25. The Bertz CT molecular complexity index is 2190. The van der Waals surface area contributed by atoms with Crippen LogP contribution in [-0.2, 0) is 0 Å². The molecule has 44 heavy (non-hydrogen) atoms. The summed E-state index contributed by atoms with van der Waals surface area (Å²) in [6.07, 6.45) is 2.29. The van der Waals surface area contributed by atoms with E-state index < -0.39 is 0 Å². The quantitative estimate of drug-likeness (QED) is 0.144. The van der Waals surface area contributed by atoms with Gasteiger partial charge < -0.3 is 4.90 Å². The molecule has 0 fully saturated rings. The van der Waals surface area contributed by atoms with Crippen LogP contribution in [0.4, 0.5) is 17.1 Å². The molecule has 208 valence electrons. The molecular formula is C43H31N. The molecule has 0 saturated heterocycles. The minimum Gasteiger partial charge on any atom is -0.310 e. The van der Waals surface area contributed by atoms with Crippen LogP contribution < -0.4 is 4.90 Å². The summed E-state index contributed by atoms with van der Waals surface area (Å²) in [6.45, 7) is 2.14. The smallest absolute Gasteiger partial charge is 0.0540 e. The molecule has 0 amide bonds. The molecule has 0 radical (unpaired) electrons. The Kier molecular flexibility index (Phi) is 6.43. The van der Waals surface area contributed by atoms with Crippen LogP contribution in [-0.4, -0.2) is 0 Å². The fourth-order valence-corrected chi connectivity index (χ4v) is 6.49. The molecule has 0 atom stereocenters. The standard InChI is InChI=1S/C43H31N/c1-30-15-23-37(24-16-30)44(41-28-22-36-20-19-34-13-8-14-35-21-27-39(41)43(36)42(34)35)38-25-17-31(18-26-38)29-40(32-9-4-2-5-10-32)33-11-6-3-7-12-33/h2-29H,1H3. The first kappa shape index (κ1) is 26.0. The van der Waals surface area contributed by atoms with Gasteiger partial charge in [-0.3, -0.25) is 0 Å². The first-order chi connectivity index (χ1) is 21.7. The van der Waals surface area contributed by atoms with Gasteiger partial charge in [0.1, 0.15) is 0 Å². The summed E-state index contributed by atoms with van der Waals surface area (Å²) >= 11 is 0. The van der Waals surface area contributed by atoms with Crippen molar-refractivity contribution >= 4 is 61.0 Å². The lowest BCUT2D eigenvalue weighted by Gasteiger charge is -2.28. The van der Waals surface area contributed by atoms with E-state index >= 15 is 0 Å². The zero-order valence-electron chi connectivity index (χ0n) is 24.6. The van der Waals surface area contributed by atoms with E-state index in [0.29, 0.717) is 0 Å². The predicted molar refractivity (Wildman–Crippen MR) is 189 cm³/mol. The van der Waals surface area contributed by atoms with E-state index in [1.54, 1.807) is 0 Å². The molecule has 0 aliphatic rings. The van der Waals surface area contributed by atoms with Gasteiger partial charge in [-0.25, -0.2) is 0 Å². The summed E-state index contributed by atoms with van der Waals surface area (Å²) < 4.78 is 0. The molecule has 1 heteroatoms. The second kappa shape index (κ2) is 10.9. The lowest BCUT2D eigenvalue weighted by Crippen LogP contribution is -2.10. The third kappa shape index (κ3) is 4.60. The van der Waals surface area contributed by atoms with E-state index in [2.05, 4.69) is 182 Å². The van der Waals surface area contributed by atoms with Gasteiger partial charge in [-0.05, 0) is 92.5 Å². The van der Waals surface area contributed by atoms with E-state index in [1.165, 1.54) is 60.3 Å². The average molecular weight is 562 g/mol. The molecule has 0 aliphatic carbocycles. The molecular weight excluding hydrogens is 530 g/mol. The molecule has 0 N–H and O–H groups in total. The first-order valence-corrected chi connectivity index (χ1v) is 15.2. The Morgan fingerprint density at radius 3 is 1.59 bits per heavy atom. The third-order valence-corrected chi connectivity index (χ3v) is 8.67. The SMILES string of the molecule is Cc1ccc(N(c2ccc(C=C(c3ccccc3)c3ccccc3)cc2)c2ccc3ccc4cccc5ccc2c3c45)cc1. The van der Waals surface area contributed by atoms with Gasteiger partial charge in [0.15, 0.2) is 0 Å². The zero-order chi connectivity index (χ0) is 29.5. The molecule has 1 nitrogen and oxygen atoms in total. The summed E-state index contributed by atoms with van der Waals surface area (Å²) in [6, 6.07) is 59.3. The minimum absolute atomic E-state index is 1.13. The average Bonchev–Trinajstić information content (AvgIpc) is 3.09. The van der Waals surface area contributed by atoms with Crippen molar-refractivity contribution in [3.63, 3.8) is 0 Å². The van der Waals surface area contributed by atoms with Gasteiger partial charge >= 0.3 is 0 Å². The number of hydrogen-bond donors (Lipinski definition) is 0. The highest BCUT2D eigenvalue weighted by Crippen LogP contribution is 2.44. The van der Waals surface area contributed by atoms with Gasteiger partial charge in [0.2, 0.25) is 0 Å². The largest absolute Gasteiger partial charge is 0.310 e. The number of anilines is 3. The van der Waals surface area contributed by atoms with Gasteiger partial charge in [0.25, 0.3) is 0 Å². The van der Waals surface area contributed by atoms with Crippen molar-refractivity contribution in [1.29, 1.82) is 0 Å². The summed E-state index contributed by atoms with van der Waals surface area (Å²) in [5, 5.41) is 7.75. The van der Waals surface area contributed by atoms with Crippen LogP contribution in [0.3, 0.4) is 0 Å². The monoisotopic (exact) mass is 561 g/mol. The molecule has 8 aromatic rings. The summed E-state index contributed by atoms with van der Waals surface area (Å²) in [4.78, 5) is 2.40. The molecule has 0 heterocycles. The molecule has 8 rings (SSSR count). The van der Waals surface area contributed by atoms with E-state index in [1.807, 2.05) is 0 Å². The minimum atomic E-state index is 1.13. The van der Waals surface area contributed by atoms with Crippen LogP contribution in [0, 0.1) is 6.92 Å². The molecule has 0 aliphatic heterocycles. The lowest BCUT2D eigenvalue weighted by molar-refractivity contribution is 1.29. The maximum absolute atomic E-state index is 2.40. The second-order valence-corrected chi connectivity index (χ2v) is 11.5. The topological polar surface area (TPSA) is 3.24 Å². The van der Waals surface area contributed by atoms with E-state index in [-0.39, 0.29) is 0 Å². The zero-order valence-corrected chi connectivity index (χ0v) is 24.6. The normalized spacial score (nSPS) is 11.3. The van der Waals surface area contributed by atoms with Crippen molar-refractivity contribution in [2.24, 2.45) is 0 Å². The molecule has 0 saturated carbocycles. The Morgan fingerprint density at radius 2 is 0.977 bits per heavy atom.